The van der Waals surface area contributed by atoms with Crippen molar-refractivity contribution in [3.8, 4) is 0 Å². The molecule has 1 aromatic heterocycles. The molecule has 0 atom stereocenters. The Morgan fingerprint density at radius 3 is 2.23 bits per heavy atom. The number of hydrogen-bond donors (Lipinski definition) is 3. The topological polar surface area (TPSA) is 82.5 Å². The standard InChI is InChI=1S/C12H16N2O.C2HF3O2/c15-12(5-9-14-10-6-12)4-1-11-2-7-13-8-3-11;3-2(4,5)1(6)7/h1-4,7-8,14-15H,5-6,9-10H2;(H,6,7)/b4-1+;. The second-order valence-electron chi connectivity index (χ2n) is 4.77. The van der Waals surface area contributed by atoms with Gasteiger partial charge in [-0.15, -0.1) is 0 Å². The number of rotatable bonds is 2. The maximum absolute atomic E-state index is 10.6. The molecule has 3 N–H and O–H groups in total. The van der Waals surface area contributed by atoms with Crippen LogP contribution in [-0.4, -0.2) is 46.0 Å². The van der Waals surface area contributed by atoms with Gasteiger partial charge in [0.15, 0.2) is 0 Å². The Balaban J connectivity index is 0.000000295. The number of nitrogens with zero attached hydrogens (tertiary/aromatic N) is 1. The SMILES string of the molecule is O=C(O)C(F)(F)F.OC1(/C=C/c2ccncc2)CCNCC1. The number of aromatic nitrogens is 1. The second kappa shape index (κ2) is 7.90. The van der Waals surface area contributed by atoms with E-state index in [1.54, 1.807) is 12.4 Å². The van der Waals surface area contributed by atoms with E-state index < -0.39 is 17.7 Å². The van der Waals surface area contributed by atoms with Gasteiger partial charge < -0.3 is 15.5 Å². The van der Waals surface area contributed by atoms with E-state index in [4.69, 9.17) is 9.90 Å². The monoisotopic (exact) mass is 318 g/mol. The van der Waals surface area contributed by atoms with Crippen LogP contribution in [0.5, 0.6) is 0 Å². The minimum Gasteiger partial charge on any atom is -0.475 e. The van der Waals surface area contributed by atoms with Crippen LogP contribution in [0.4, 0.5) is 13.2 Å². The lowest BCUT2D eigenvalue weighted by molar-refractivity contribution is -0.192. The Bertz CT molecular complexity index is 498. The van der Waals surface area contributed by atoms with E-state index in [0.29, 0.717) is 0 Å². The lowest BCUT2D eigenvalue weighted by Crippen LogP contribution is -2.40. The third-order valence-electron chi connectivity index (χ3n) is 3.00. The smallest absolute Gasteiger partial charge is 0.475 e. The Labute approximate surface area is 125 Å². The summed E-state index contributed by atoms with van der Waals surface area (Å²) in [4.78, 5) is 12.8. The molecular weight excluding hydrogens is 301 g/mol. The summed E-state index contributed by atoms with van der Waals surface area (Å²) >= 11 is 0. The maximum Gasteiger partial charge on any atom is 0.490 e. The van der Waals surface area contributed by atoms with Gasteiger partial charge in [0.1, 0.15) is 0 Å². The molecule has 22 heavy (non-hydrogen) atoms. The van der Waals surface area contributed by atoms with Gasteiger partial charge in [-0.1, -0.05) is 12.2 Å². The number of aliphatic carboxylic acids is 1. The van der Waals surface area contributed by atoms with Gasteiger partial charge in [0.2, 0.25) is 0 Å². The van der Waals surface area contributed by atoms with Crippen LogP contribution in [-0.2, 0) is 4.79 Å². The number of carboxylic acid groups (broad SMARTS) is 1. The maximum atomic E-state index is 10.6. The summed E-state index contributed by atoms with van der Waals surface area (Å²) in [6, 6.07) is 3.86. The molecule has 0 amide bonds. The second-order valence-corrected chi connectivity index (χ2v) is 4.77. The normalized spacial score (nSPS) is 17.6. The minimum absolute atomic E-state index is 0.630. The quantitative estimate of drug-likeness (QED) is 0.775. The lowest BCUT2D eigenvalue weighted by atomic mass is 9.91. The van der Waals surface area contributed by atoms with Crippen molar-refractivity contribution in [1.82, 2.24) is 10.3 Å². The zero-order chi connectivity index (χ0) is 16.6. The average molecular weight is 318 g/mol. The van der Waals surface area contributed by atoms with Crippen molar-refractivity contribution in [1.29, 1.82) is 0 Å². The first kappa shape index (κ1) is 18.1. The molecule has 8 heteroatoms. The van der Waals surface area contributed by atoms with Crippen molar-refractivity contribution in [2.45, 2.75) is 24.6 Å². The fraction of sp³-hybridized carbons (Fsp3) is 0.429. The van der Waals surface area contributed by atoms with Gasteiger partial charge in [0.25, 0.3) is 0 Å². The molecule has 2 rings (SSSR count). The molecule has 0 aliphatic carbocycles. The number of carbonyl (C=O) groups is 1. The summed E-state index contributed by atoms with van der Waals surface area (Å²) in [6.07, 6.45) is 3.87. The van der Waals surface area contributed by atoms with Crippen LogP contribution in [0, 0.1) is 0 Å². The molecule has 0 saturated carbocycles. The largest absolute Gasteiger partial charge is 0.490 e. The first-order chi connectivity index (χ1) is 10.2. The summed E-state index contributed by atoms with van der Waals surface area (Å²) in [5.74, 6) is -2.76. The molecular formula is C14H17F3N2O3. The number of nitrogens with one attached hydrogen (secondary N) is 1. The number of piperidine rings is 1. The number of alkyl halides is 3. The van der Waals surface area contributed by atoms with Crippen molar-refractivity contribution >= 4 is 12.0 Å². The van der Waals surface area contributed by atoms with E-state index in [9.17, 15) is 18.3 Å². The van der Waals surface area contributed by atoms with Crippen LogP contribution < -0.4 is 5.32 Å². The van der Waals surface area contributed by atoms with Gasteiger partial charge in [-0.05, 0) is 43.6 Å². The molecule has 0 spiro atoms. The lowest BCUT2D eigenvalue weighted by Gasteiger charge is -2.29. The molecule has 0 bridgehead atoms. The van der Waals surface area contributed by atoms with E-state index in [1.165, 1.54) is 0 Å². The molecule has 1 aliphatic heterocycles. The van der Waals surface area contributed by atoms with Crippen LogP contribution in [0.1, 0.15) is 18.4 Å². The zero-order valence-electron chi connectivity index (χ0n) is 11.7. The van der Waals surface area contributed by atoms with Crippen molar-refractivity contribution in [3.63, 3.8) is 0 Å². The molecule has 5 nitrogen and oxygen atoms in total. The van der Waals surface area contributed by atoms with E-state index in [0.717, 1.165) is 31.5 Å². The Hall–Kier alpha value is -1.93. The third kappa shape index (κ3) is 6.68. The van der Waals surface area contributed by atoms with E-state index in [-0.39, 0.29) is 0 Å². The van der Waals surface area contributed by atoms with Crippen molar-refractivity contribution in [3.05, 3.63) is 36.2 Å². The highest BCUT2D eigenvalue weighted by atomic mass is 19.4. The van der Waals surface area contributed by atoms with Crippen molar-refractivity contribution < 1.29 is 28.2 Å². The first-order valence-electron chi connectivity index (χ1n) is 6.55. The first-order valence-corrected chi connectivity index (χ1v) is 6.55. The van der Waals surface area contributed by atoms with Gasteiger partial charge in [-0.25, -0.2) is 4.79 Å². The number of pyridine rings is 1. The minimum atomic E-state index is -5.08. The fourth-order valence-electron chi connectivity index (χ4n) is 1.75. The van der Waals surface area contributed by atoms with Crippen LogP contribution >= 0.6 is 0 Å². The molecule has 1 aliphatic rings. The number of carboxylic acids is 1. The summed E-state index contributed by atoms with van der Waals surface area (Å²) < 4.78 is 31.7. The predicted octanol–water partition coefficient (Wildman–Crippen LogP) is 1.84. The van der Waals surface area contributed by atoms with Gasteiger partial charge in [-0.3, -0.25) is 4.98 Å². The molecule has 1 saturated heterocycles. The summed E-state index contributed by atoms with van der Waals surface area (Å²) in [6.45, 7) is 1.77. The summed E-state index contributed by atoms with van der Waals surface area (Å²) in [7, 11) is 0. The highest BCUT2D eigenvalue weighted by Gasteiger charge is 2.38. The van der Waals surface area contributed by atoms with E-state index >= 15 is 0 Å². The average Bonchev–Trinajstić information content (AvgIpc) is 2.47. The Kier molecular flexibility index (Phi) is 6.51. The number of halogens is 3. The molecule has 122 valence electrons. The van der Waals surface area contributed by atoms with E-state index in [2.05, 4.69) is 10.3 Å². The highest BCUT2D eigenvalue weighted by Crippen LogP contribution is 2.20. The summed E-state index contributed by atoms with van der Waals surface area (Å²) in [5.41, 5.74) is 0.450. The number of aliphatic hydroxyl groups is 1. The van der Waals surface area contributed by atoms with Crippen LogP contribution in [0.15, 0.2) is 30.6 Å². The Morgan fingerprint density at radius 2 is 1.77 bits per heavy atom. The molecule has 1 aromatic rings. The third-order valence-corrected chi connectivity index (χ3v) is 3.00. The number of hydrogen-bond acceptors (Lipinski definition) is 4. The fourth-order valence-corrected chi connectivity index (χ4v) is 1.75. The van der Waals surface area contributed by atoms with Crippen LogP contribution in [0.25, 0.3) is 6.08 Å². The van der Waals surface area contributed by atoms with Crippen molar-refractivity contribution in [2.24, 2.45) is 0 Å². The summed E-state index contributed by atoms with van der Waals surface area (Å²) in [5, 5.41) is 20.5. The molecule has 0 radical (unpaired) electrons. The molecule has 1 fully saturated rings. The zero-order valence-corrected chi connectivity index (χ0v) is 11.7. The predicted molar refractivity (Wildman–Crippen MR) is 74.0 cm³/mol. The van der Waals surface area contributed by atoms with Gasteiger partial charge in [-0.2, -0.15) is 13.2 Å². The Morgan fingerprint density at radius 1 is 1.27 bits per heavy atom. The molecule has 0 unspecified atom stereocenters. The van der Waals surface area contributed by atoms with Gasteiger partial charge >= 0.3 is 12.1 Å². The van der Waals surface area contributed by atoms with Crippen LogP contribution in [0.2, 0.25) is 0 Å². The van der Waals surface area contributed by atoms with Crippen molar-refractivity contribution in [2.75, 3.05) is 13.1 Å². The van der Waals surface area contributed by atoms with Crippen LogP contribution in [0.3, 0.4) is 0 Å². The molecule has 0 aromatic carbocycles. The van der Waals surface area contributed by atoms with Gasteiger partial charge in [0, 0.05) is 12.4 Å². The van der Waals surface area contributed by atoms with E-state index in [1.807, 2.05) is 24.3 Å². The van der Waals surface area contributed by atoms with Gasteiger partial charge in [0.05, 0.1) is 5.60 Å². The highest BCUT2D eigenvalue weighted by molar-refractivity contribution is 5.73. The molecule has 2 heterocycles.